The second-order valence-electron chi connectivity index (χ2n) is 8.80. The van der Waals surface area contributed by atoms with Gasteiger partial charge in [-0.3, -0.25) is 4.90 Å². The number of amides is 1. The number of benzene rings is 2. The SMILES string of the molecule is O=C(O)N1CCC[C@H]1c1nc(-c2ccc(OCCCCc3ccc(C(F)(F)F)cc3)c(C(F)(F)F)c2)no1. The number of hydrogen-bond donors (Lipinski definition) is 1. The summed E-state index contributed by atoms with van der Waals surface area (Å²) in [6.07, 6.45) is -7.89. The number of rotatable bonds is 8. The van der Waals surface area contributed by atoms with Crippen LogP contribution in [-0.4, -0.2) is 39.4 Å². The van der Waals surface area contributed by atoms with E-state index < -0.39 is 35.6 Å². The zero-order chi connectivity index (χ0) is 27.5. The minimum Gasteiger partial charge on any atom is -0.493 e. The smallest absolute Gasteiger partial charge is 0.419 e. The molecule has 1 aliphatic rings. The van der Waals surface area contributed by atoms with Gasteiger partial charge in [-0.05, 0) is 68.0 Å². The summed E-state index contributed by atoms with van der Waals surface area (Å²) in [6, 6.07) is 7.43. The number of ether oxygens (including phenoxy) is 1. The Bertz CT molecular complexity index is 1260. The van der Waals surface area contributed by atoms with Gasteiger partial charge in [-0.15, -0.1) is 0 Å². The Balaban J connectivity index is 1.38. The molecule has 0 bridgehead atoms. The van der Waals surface area contributed by atoms with Crippen LogP contribution in [0.4, 0.5) is 31.1 Å². The van der Waals surface area contributed by atoms with E-state index in [4.69, 9.17) is 9.26 Å². The predicted molar refractivity (Wildman–Crippen MR) is 121 cm³/mol. The number of alkyl halides is 6. The third-order valence-electron chi connectivity index (χ3n) is 6.17. The molecule has 0 aliphatic carbocycles. The summed E-state index contributed by atoms with van der Waals surface area (Å²) in [5.74, 6) is -0.472. The molecule has 1 N–H and O–H groups in total. The molecule has 38 heavy (non-hydrogen) atoms. The summed E-state index contributed by atoms with van der Waals surface area (Å²) in [5, 5.41) is 13.0. The van der Waals surface area contributed by atoms with Crippen LogP contribution in [0.5, 0.6) is 5.75 Å². The molecule has 0 radical (unpaired) electrons. The highest BCUT2D eigenvalue weighted by Crippen LogP contribution is 2.39. The molecular weight excluding hydrogens is 520 g/mol. The average molecular weight is 543 g/mol. The van der Waals surface area contributed by atoms with Crippen molar-refractivity contribution in [3.05, 3.63) is 65.0 Å². The molecule has 0 unspecified atom stereocenters. The van der Waals surface area contributed by atoms with Crippen molar-refractivity contribution in [3.63, 3.8) is 0 Å². The van der Waals surface area contributed by atoms with Crippen LogP contribution in [0.15, 0.2) is 47.0 Å². The van der Waals surface area contributed by atoms with Crippen molar-refractivity contribution < 1.29 is 45.5 Å². The molecule has 2 aromatic carbocycles. The normalized spacial score (nSPS) is 16.2. The van der Waals surface area contributed by atoms with Gasteiger partial charge >= 0.3 is 18.4 Å². The number of unbranched alkanes of at least 4 members (excludes halogenated alkanes) is 1. The van der Waals surface area contributed by atoms with E-state index in [1.807, 2.05) is 0 Å². The Hall–Kier alpha value is -3.77. The van der Waals surface area contributed by atoms with Crippen molar-refractivity contribution in [1.29, 1.82) is 0 Å². The van der Waals surface area contributed by atoms with Gasteiger partial charge in [0.2, 0.25) is 11.7 Å². The van der Waals surface area contributed by atoms with Crippen LogP contribution in [0.3, 0.4) is 0 Å². The van der Waals surface area contributed by atoms with E-state index in [0.717, 1.165) is 29.2 Å². The molecule has 7 nitrogen and oxygen atoms in total. The minimum atomic E-state index is -4.73. The maximum atomic E-state index is 13.8. The molecule has 2 heterocycles. The third kappa shape index (κ3) is 6.37. The summed E-state index contributed by atoms with van der Waals surface area (Å²) < 4.78 is 89.7. The van der Waals surface area contributed by atoms with Crippen molar-refractivity contribution in [2.24, 2.45) is 0 Å². The number of carbonyl (C=O) groups is 1. The molecule has 0 spiro atoms. The Labute approximate surface area is 213 Å². The number of aryl methyl sites for hydroxylation is 1. The quantitative estimate of drug-likeness (QED) is 0.243. The Morgan fingerprint density at radius 3 is 2.45 bits per heavy atom. The minimum absolute atomic E-state index is 0.0156. The second-order valence-corrected chi connectivity index (χ2v) is 8.80. The molecule has 1 aromatic heterocycles. The molecule has 1 atom stereocenters. The number of aromatic nitrogens is 2. The fourth-order valence-corrected chi connectivity index (χ4v) is 4.23. The van der Waals surface area contributed by atoms with Crippen LogP contribution in [0.1, 0.15) is 54.3 Å². The number of nitrogens with zero attached hydrogens (tertiary/aromatic N) is 3. The Morgan fingerprint density at radius 2 is 1.79 bits per heavy atom. The molecule has 1 amide bonds. The molecular formula is C25H23F6N3O4. The molecule has 0 saturated carbocycles. The largest absolute Gasteiger partial charge is 0.493 e. The van der Waals surface area contributed by atoms with Crippen molar-refractivity contribution in [2.45, 2.75) is 50.5 Å². The van der Waals surface area contributed by atoms with Gasteiger partial charge in [0.05, 0.1) is 17.7 Å². The lowest BCUT2D eigenvalue weighted by atomic mass is 10.1. The van der Waals surface area contributed by atoms with Gasteiger partial charge in [0.1, 0.15) is 11.8 Å². The van der Waals surface area contributed by atoms with Crippen LogP contribution in [-0.2, 0) is 18.8 Å². The molecule has 4 rings (SSSR count). The zero-order valence-corrected chi connectivity index (χ0v) is 19.8. The monoisotopic (exact) mass is 543 g/mol. The topological polar surface area (TPSA) is 88.7 Å². The fraction of sp³-hybridized carbons (Fsp3) is 0.400. The highest BCUT2D eigenvalue weighted by atomic mass is 19.4. The number of carboxylic acid groups (broad SMARTS) is 1. The van der Waals surface area contributed by atoms with Gasteiger partial charge < -0.3 is 14.4 Å². The maximum Gasteiger partial charge on any atom is 0.419 e. The van der Waals surface area contributed by atoms with Crippen LogP contribution in [0, 0.1) is 0 Å². The number of hydrogen-bond acceptors (Lipinski definition) is 5. The molecule has 1 aliphatic heterocycles. The highest BCUT2D eigenvalue weighted by molar-refractivity contribution is 5.66. The van der Waals surface area contributed by atoms with E-state index in [-0.39, 0.29) is 29.6 Å². The van der Waals surface area contributed by atoms with E-state index in [9.17, 15) is 36.2 Å². The molecule has 3 aromatic rings. The van der Waals surface area contributed by atoms with Gasteiger partial charge in [0.15, 0.2) is 0 Å². The first kappa shape index (κ1) is 27.3. The van der Waals surface area contributed by atoms with Crippen LogP contribution < -0.4 is 4.74 Å². The van der Waals surface area contributed by atoms with Crippen LogP contribution in [0.2, 0.25) is 0 Å². The van der Waals surface area contributed by atoms with E-state index in [0.29, 0.717) is 44.2 Å². The van der Waals surface area contributed by atoms with E-state index in [1.165, 1.54) is 18.2 Å². The van der Waals surface area contributed by atoms with Gasteiger partial charge in [-0.1, -0.05) is 17.3 Å². The van der Waals surface area contributed by atoms with Gasteiger partial charge in [0.25, 0.3) is 0 Å². The first-order valence-corrected chi connectivity index (χ1v) is 11.8. The van der Waals surface area contributed by atoms with Gasteiger partial charge in [-0.25, -0.2) is 4.79 Å². The van der Waals surface area contributed by atoms with Crippen molar-refractivity contribution in [2.75, 3.05) is 13.2 Å². The summed E-state index contributed by atoms with van der Waals surface area (Å²) in [4.78, 5) is 16.6. The maximum absolute atomic E-state index is 13.8. The first-order valence-electron chi connectivity index (χ1n) is 11.8. The van der Waals surface area contributed by atoms with Crippen LogP contribution >= 0.6 is 0 Å². The van der Waals surface area contributed by atoms with Crippen LogP contribution in [0.25, 0.3) is 11.4 Å². The second kappa shape index (κ2) is 10.9. The summed E-state index contributed by atoms with van der Waals surface area (Å²) in [7, 11) is 0. The predicted octanol–water partition coefficient (Wildman–Crippen LogP) is 6.99. The zero-order valence-electron chi connectivity index (χ0n) is 19.8. The van der Waals surface area contributed by atoms with Crippen molar-refractivity contribution >= 4 is 6.09 Å². The summed E-state index contributed by atoms with van der Waals surface area (Å²) >= 11 is 0. The van der Waals surface area contributed by atoms with E-state index in [1.54, 1.807) is 0 Å². The summed E-state index contributed by atoms with van der Waals surface area (Å²) in [6.45, 7) is 0.272. The van der Waals surface area contributed by atoms with E-state index >= 15 is 0 Å². The van der Waals surface area contributed by atoms with Crippen molar-refractivity contribution in [1.82, 2.24) is 15.0 Å². The molecule has 1 saturated heterocycles. The third-order valence-corrected chi connectivity index (χ3v) is 6.17. The van der Waals surface area contributed by atoms with Crippen molar-refractivity contribution in [3.8, 4) is 17.1 Å². The van der Waals surface area contributed by atoms with Gasteiger partial charge in [-0.2, -0.15) is 31.3 Å². The van der Waals surface area contributed by atoms with E-state index in [2.05, 4.69) is 10.1 Å². The molecule has 13 heteroatoms. The Morgan fingerprint density at radius 1 is 1.05 bits per heavy atom. The lowest BCUT2D eigenvalue weighted by Crippen LogP contribution is -2.28. The molecule has 204 valence electrons. The Kier molecular flexibility index (Phi) is 7.83. The standard InChI is InChI=1S/C25H23F6N3O4/c26-24(27,28)17-9-6-15(7-10-17)4-1-2-13-37-20-11-8-16(14-18(20)25(29,30)31)21-32-22(38-33-21)19-5-3-12-34(19)23(35)36/h6-11,14,19H,1-5,12-13H2,(H,35,36)/t19-/m0/s1. The average Bonchev–Trinajstić information content (AvgIpc) is 3.53. The lowest BCUT2D eigenvalue weighted by molar-refractivity contribution is -0.139. The summed E-state index contributed by atoms with van der Waals surface area (Å²) in [5.41, 5.74) is -1.06. The lowest BCUT2D eigenvalue weighted by Gasteiger charge is -2.17. The number of halogens is 6. The number of likely N-dealkylation sites (tertiary alicyclic amines) is 1. The molecule has 1 fully saturated rings. The highest BCUT2D eigenvalue weighted by Gasteiger charge is 2.36. The van der Waals surface area contributed by atoms with Gasteiger partial charge in [0, 0.05) is 12.1 Å². The first-order chi connectivity index (χ1) is 17.9. The fourth-order valence-electron chi connectivity index (χ4n) is 4.23.